The van der Waals surface area contributed by atoms with Gasteiger partial charge in [-0.2, -0.15) is 0 Å². The second-order valence-corrected chi connectivity index (χ2v) is 5.06. The lowest BCUT2D eigenvalue weighted by molar-refractivity contribution is 0.555. The molecule has 6 heteroatoms. The Hall–Kier alpha value is -3.02. The number of hydrogen-bond acceptors (Lipinski definition) is 4. The molecule has 0 aliphatic rings. The zero-order valence-corrected chi connectivity index (χ0v) is 11.3. The lowest BCUT2D eigenvalue weighted by Crippen LogP contribution is -1.93. The summed E-state index contributed by atoms with van der Waals surface area (Å²) in [5.74, 6) is -0.461. The third-order valence-electron chi connectivity index (χ3n) is 3.43. The summed E-state index contributed by atoms with van der Waals surface area (Å²) < 4.78 is 6.98. The molecule has 4 aromatic rings. The SMILES string of the molecule is Cc1cc(N)c2nc(-c3ccc4[nH]c(=O)oc4c3)cn2c1. The fourth-order valence-corrected chi connectivity index (χ4v) is 2.52. The maximum Gasteiger partial charge on any atom is 0.417 e. The molecule has 0 fully saturated rings. The highest BCUT2D eigenvalue weighted by Gasteiger charge is 2.09. The van der Waals surface area contributed by atoms with E-state index >= 15 is 0 Å². The van der Waals surface area contributed by atoms with Gasteiger partial charge in [0.25, 0.3) is 0 Å². The predicted octanol–water partition coefficient (Wildman–Crippen LogP) is 2.33. The molecule has 104 valence electrons. The Morgan fingerprint density at radius 2 is 2.14 bits per heavy atom. The summed E-state index contributed by atoms with van der Waals surface area (Å²) in [5.41, 5.74) is 11.2. The van der Waals surface area contributed by atoms with E-state index < -0.39 is 5.76 Å². The third-order valence-corrected chi connectivity index (χ3v) is 3.43. The number of anilines is 1. The number of nitrogens with zero attached hydrogens (tertiary/aromatic N) is 2. The number of nitrogens with two attached hydrogens (primary N) is 1. The largest absolute Gasteiger partial charge is 0.417 e. The number of oxazole rings is 1. The number of fused-ring (bicyclic) bond motifs is 2. The quantitative estimate of drug-likeness (QED) is 0.560. The fourth-order valence-electron chi connectivity index (χ4n) is 2.52. The van der Waals surface area contributed by atoms with Crippen molar-refractivity contribution in [3.8, 4) is 11.3 Å². The van der Waals surface area contributed by atoms with Crippen LogP contribution in [0, 0.1) is 6.92 Å². The van der Waals surface area contributed by atoms with E-state index in [4.69, 9.17) is 10.2 Å². The van der Waals surface area contributed by atoms with Crippen LogP contribution in [0.2, 0.25) is 0 Å². The molecule has 0 radical (unpaired) electrons. The molecule has 0 spiro atoms. The van der Waals surface area contributed by atoms with Crippen molar-refractivity contribution < 1.29 is 4.42 Å². The second-order valence-electron chi connectivity index (χ2n) is 5.06. The number of rotatable bonds is 1. The summed E-state index contributed by atoms with van der Waals surface area (Å²) in [4.78, 5) is 18.4. The highest BCUT2D eigenvalue weighted by molar-refractivity contribution is 5.80. The minimum Gasteiger partial charge on any atom is -0.408 e. The van der Waals surface area contributed by atoms with Crippen molar-refractivity contribution in [2.75, 3.05) is 5.73 Å². The first-order valence-corrected chi connectivity index (χ1v) is 6.48. The summed E-state index contributed by atoms with van der Waals surface area (Å²) in [6.45, 7) is 1.98. The first-order valence-electron chi connectivity index (χ1n) is 6.48. The van der Waals surface area contributed by atoms with Crippen LogP contribution in [-0.2, 0) is 0 Å². The summed E-state index contributed by atoms with van der Waals surface area (Å²) >= 11 is 0. The van der Waals surface area contributed by atoms with Crippen molar-refractivity contribution >= 4 is 22.4 Å². The Morgan fingerprint density at radius 3 is 3.00 bits per heavy atom. The van der Waals surface area contributed by atoms with Gasteiger partial charge in [0.2, 0.25) is 0 Å². The number of hydrogen-bond donors (Lipinski definition) is 2. The number of benzene rings is 1. The monoisotopic (exact) mass is 280 g/mol. The lowest BCUT2D eigenvalue weighted by atomic mass is 10.1. The molecule has 3 N–H and O–H groups in total. The van der Waals surface area contributed by atoms with Crippen molar-refractivity contribution in [2.24, 2.45) is 0 Å². The van der Waals surface area contributed by atoms with E-state index in [-0.39, 0.29) is 0 Å². The highest BCUT2D eigenvalue weighted by atomic mass is 16.4. The molecule has 4 rings (SSSR count). The van der Waals surface area contributed by atoms with Crippen LogP contribution in [-0.4, -0.2) is 14.4 Å². The van der Waals surface area contributed by atoms with E-state index in [1.807, 2.05) is 35.9 Å². The van der Waals surface area contributed by atoms with Crippen LogP contribution in [0.25, 0.3) is 28.0 Å². The van der Waals surface area contributed by atoms with Crippen molar-refractivity contribution in [1.82, 2.24) is 14.4 Å². The Bertz CT molecular complexity index is 1040. The van der Waals surface area contributed by atoms with Gasteiger partial charge in [0, 0.05) is 18.0 Å². The second kappa shape index (κ2) is 3.99. The minimum absolute atomic E-state index is 0.461. The van der Waals surface area contributed by atoms with E-state index in [0.29, 0.717) is 22.4 Å². The Balaban J connectivity index is 1.94. The lowest BCUT2D eigenvalue weighted by Gasteiger charge is -1.98. The van der Waals surface area contributed by atoms with Gasteiger partial charge >= 0.3 is 5.76 Å². The molecule has 6 nitrogen and oxygen atoms in total. The van der Waals surface area contributed by atoms with Gasteiger partial charge < -0.3 is 14.6 Å². The van der Waals surface area contributed by atoms with Crippen molar-refractivity contribution in [1.29, 1.82) is 0 Å². The van der Waals surface area contributed by atoms with Gasteiger partial charge in [-0.3, -0.25) is 4.98 Å². The van der Waals surface area contributed by atoms with E-state index in [1.165, 1.54) is 0 Å². The number of nitrogen functional groups attached to an aromatic ring is 1. The summed E-state index contributed by atoms with van der Waals surface area (Å²) in [5, 5.41) is 0. The first kappa shape index (κ1) is 11.8. The zero-order valence-electron chi connectivity index (χ0n) is 11.3. The molecule has 0 bridgehead atoms. The number of aryl methyl sites for hydroxylation is 1. The van der Waals surface area contributed by atoms with Crippen LogP contribution in [0.1, 0.15) is 5.56 Å². The molecule has 1 aromatic carbocycles. The van der Waals surface area contributed by atoms with Crippen molar-refractivity contribution in [3.63, 3.8) is 0 Å². The minimum atomic E-state index is -0.461. The number of H-pyrrole nitrogens is 1. The number of aromatic amines is 1. The molecule has 0 atom stereocenters. The molecule has 21 heavy (non-hydrogen) atoms. The van der Waals surface area contributed by atoms with Gasteiger partial charge in [-0.15, -0.1) is 0 Å². The molecule has 3 aromatic heterocycles. The van der Waals surface area contributed by atoms with E-state index in [2.05, 4.69) is 9.97 Å². The van der Waals surface area contributed by atoms with Gasteiger partial charge in [0.15, 0.2) is 11.2 Å². The Kier molecular flexibility index (Phi) is 2.24. The molecule has 0 saturated heterocycles. The molecule has 3 heterocycles. The molecular weight excluding hydrogens is 268 g/mol. The zero-order chi connectivity index (χ0) is 14.6. The number of aromatic nitrogens is 3. The first-order chi connectivity index (χ1) is 10.1. The van der Waals surface area contributed by atoms with Gasteiger partial charge in [0.1, 0.15) is 0 Å². The average molecular weight is 280 g/mol. The van der Waals surface area contributed by atoms with Crippen LogP contribution in [0.5, 0.6) is 0 Å². The van der Waals surface area contributed by atoms with Crippen LogP contribution < -0.4 is 11.5 Å². The molecule has 0 aliphatic heterocycles. The summed E-state index contributed by atoms with van der Waals surface area (Å²) in [7, 11) is 0. The summed E-state index contributed by atoms with van der Waals surface area (Å²) in [6.07, 6.45) is 3.88. The number of pyridine rings is 1. The number of nitrogens with one attached hydrogen (secondary N) is 1. The molecule has 0 unspecified atom stereocenters. The van der Waals surface area contributed by atoms with E-state index in [1.54, 1.807) is 12.1 Å². The van der Waals surface area contributed by atoms with Gasteiger partial charge in [0.05, 0.1) is 16.9 Å². The Labute approximate surface area is 118 Å². The molecule has 0 saturated carbocycles. The molecule has 0 aliphatic carbocycles. The third kappa shape index (κ3) is 1.80. The van der Waals surface area contributed by atoms with Gasteiger partial charge in [-0.1, -0.05) is 6.07 Å². The van der Waals surface area contributed by atoms with Gasteiger partial charge in [-0.05, 0) is 30.7 Å². The average Bonchev–Trinajstić information content (AvgIpc) is 2.99. The predicted molar refractivity (Wildman–Crippen MR) is 80.2 cm³/mol. The standard InChI is InChI=1S/C15H12N4O2/c1-8-4-10(16)14-17-12(7-19(14)6-8)9-2-3-11-13(5-9)21-15(20)18-11/h2-7H,16H2,1H3,(H,18,20). The van der Waals surface area contributed by atoms with Crippen LogP contribution in [0.15, 0.2) is 45.9 Å². The molecular formula is C15H12N4O2. The maximum atomic E-state index is 11.2. The fraction of sp³-hybridized carbons (Fsp3) is 0.0667. The number of imidazole rings is 1. The van der Waals surface area contributed by atoms with Crippen LogP contribution in [0.3, 0.4) is 0 Å². The van der Waals surface area contributed by atoms with Crippen LogP contribution in [0.4, 0.5) is 5.69 Å². The van der Waals surface area contributed by atoms with E-state index in [9.17, 15) is 4.79 Å². The van der Waals surface area contributed by atoms with Gasteiger partial charge in [-0.25, -0.2) is 9.78 Å². The smallest absolute Gasteiger partial charge is 0.408 e. The maximum absolute atomic E-state index is 11.2. The highest BCUT2D eigenvalue weighted by Crippen LogP contribution is 2.25. The van der Waals surface area contributed by atoms with E-state index in [0.717, 1.165) is 16.8 Å². The Morgan fingerprint density at radius 1 is 1.29 bits per heavy atom. The molecule has 0 amide bonds. The topological polar surface area (TPSA) is 89.3 Å². The van der Waals surface area contributed by atoms with Crippen LogP contribution >= 0.6 is 0 Å². The van der Waals surface area contributed by atoms with Crippen molar-refractivity contribution in [2.45, 2.75) is 6.92 Å². The normalized spacial score (nSPS) is 11.5. The summed E-state index contributed by atoms with van der Waals surface area (Å²) in [6, 6.07) is 7.37. The van der Waals surface area contributed by atoms with Crippen molar-refractivity contribution in [3.05, 3.63) is 52.8 Å².